The SMILES string of the molecule is CCCCSC(N)(CS)C(=O)O. The topological polar surface area (TPSA) is 63.3 Å². The lowest BCUT2D eigenvalue weighted by atomic mass is 10.3. The molecule has 5 heteroatoms. The molecule has 3 nitrogen and oxygen atoms in total. The number of carbonyl (C=O) groups is 1. The maximum atomic E-state index is 10.7. The smallest absolute Gasteiger partial charge is 0.335 e. The molecule has 0 rings (SSSR count). The molecule has 0 aromatic heterocycles. The van der Waals surface area contributed by atoms with Gasteiger partial charge in [-0.05, 0) is 12.2 Å². The van der Waals surface area contributed by atoms with Crippen molar-refractivity contribution >= 4 is 30.4 Å². The number of aliphatic carboxylic acids is 1. The Labute approximate surface area is 82.5 Å². The Morgan fingerprint density at radius 1 is 1.75 bits per heavy atom. The van der Waals surface area contributed by atoms with Gasteiger partial charge in [0.1, 0.15) is 0 Å². The molecule has 0 aliphatic heterocycles. The van der Waals surface area contributed by atoms with Crippen LogP contribution in [-0.4, -0.2) is 27.5 Å². The third-order valence-electron chi connectivity index (χ3n) is 1.45. The summed E-state index contributed by atoms with van der Waals surface area (Å²) in [5, 5.41) is 8.74. The van der Waals surface area contributed by atoms with Gasteiger partial charge in [0.15, 0.2) is 4.87 Å². The summed E-state index contributed by atoms with van der Waals surface area (Å²) < 4.78 is 0. The lowest BCUT2D eigenvalue weighted by Crippen LogP contribution is -2.46. The monoisotopic (exact) mass is 209 g/mol. The Hall–Kier alpha value is 0.130. The summed E-state index contributed by atoms with van der Waals surface area (Å²) in [5.74, 6) is -0.0464. The number of rotatable bonds is 6. The second-order valence-corrected chi connectivity index (χ2v) is 4.30. The fourth-order valence-electron chi connectivity index (χ4n) is 0.574. The van der Waals surface area contributed by atoms with Gasteiger partial charge in [-0.15, -0.1) is 11.8 Å². The van der Waals surface area contributed by atoms with Crippen LogP contribution in [0.1, 0.15) is 19.8 Å². The molecule has 0 fully saturated rings. The van der Waals surface area contributed by atoms with E-state index in [1.165, 1.54) is 11.8 Å². The van der Waals surface area contributed by atoms with Crippen LogP contribution in [0.3, 0.4) is 0 Å². The van der Waals surface area contributed by atoms with Crippen LogP contribution in [0.25, 0.3) is 0 Å². The van der Waals surface area contributed by atoms with E-state index in [-0.39, 0.29) is 5.75 Å². The quantitative estimate of drug-likeness (QED) is 0.349. The zero-order valence-corrected chi connectivity index (χ0v) is 8.83. The summed E-state index contributed by atoms with van der Waals surface area (Å²) in [6.07, 6.45) is 2.04. The molecule has 0 aromatic rings. The molecule has 0 amide bonds. The van der Waals surface area contributed by atoms with E-state index in [4.69, 9.17) is 10.8 Å². The summed E-state index contributed by atoms with van der Waals surface area (Å²) >= 11 is 5.17. The Morgan fingerprint density at radius 2 is 2.33 bits per heavy atom. The van der Waals surface area contributed by atoms with E-state index in [1.807, 2.05) is 0 Å². The molecular formula is C7H15NO2S2. The highest BCUT2D eigenvalue weighted by Crippen LogP contribution is 2.22. The number of hydrogen-bond donors (Lipinski definition) is 3. The number of hydrogen-bond acceptors (Lipinski definition) is 4. The third kappa shape index (κ3) is 3.69. The predicted octanol–water partition coefficient (Wildman–Crippen LogP) is 1.19. The Balaban J connectivity index is 3.88. The van der Waals surface area contributed by atoms with Gasteiger partial charge in [-0.1, -0.05) is 13.3 Å². The highest BCUT2D eigenvalue weighted by Gasteiger charge is 2.32. The fourth-order valence-corrected chi connectivity index (χ4v) is 1.99. The Morgan fingerprint density at radius 3 is 2.67 bits per heavy atom. The number of nitrogens with two attached hydrogens (primary N) is 1. The van der Waals surface area contributed by atoms with Crippen molar-refractivity contribution in [3.8, 4) is 0 Å². The number of thiol groups is 1. The molecule has 0 radical (unpaired) electrons. The molecule has 1 atom stereocenters. The molecular weight excluding hydrogens is 194 g/mol. The van der Waals surface area contributed by atoms with Crippen molar-refractivity contribution in [2.24, 2.45) is 5.73 Å². The Bertz CT molecular complexity index is 154. The van der Waals surface area contributed by atoms with Gasteiger partial charge in [0.2, 0.25) is 0 Å². The minimum absolute atomic E-state index is 0.163. The van der Waals surface area contributed by atoms with Crippen molar-refractivity contribution in [1.82, 2.24) is 0 Å². The van der Waals surface area contributed by atoms with Crippen molar-refractivity contribution in [2.45, 2.75) is 24.6 Å². The summed E-state index contributed by atoms with van der Waals surface area (Å²) in [7, 11) is 0. The van der Waals surface area contributed by atoms with Crippen LogP contribution in [0.5, 0.6) is 0 Å². The minimum atomic E-state index is -1.21. The van der Waals surface area contributed by atoms with E-state index in [9.17, 15) is 4.79 Å². The van der Waals surface area contributed by atoms with Crippen LogP contribution in [0, 0.1) is 0 Å². The van der Waals surface area contributed by atoms with Gasteiger partial charge in [-0.2, -0.15) is 12.6 Å². The highest BCUT2D eigenvalue weighted by atomic mass is 32.2. The molecule has 0 bridgehead atoms. The van der Waals surface area contributed by atoms with Crippen molar-refractivity contribution in [1.29, 1.82) is 0 Å². The average Bonchev–Trinajstić information content (AvgIpc) is 2.04. The van der Waals surface area contributed by atoms with Gasteiger partial charge in [0.05, 0.1) is 0 Å². The highest BCUT2D eigenvalue weighted by molar-refractivity contribution is 8.02. The second kappa shape index (κ2) is 5.72. The van der Waals surface area contributed by atoms with Gasteiger partial charge in [0, 0.05) is 5.75 Å². The molecule has 0 heterocycles. The third-order valence-corrected chi connectivity index (χ3v) is 3.49. The summed E-state index contributed by atoms with van der Waals surface area (Å²) in [6, 6.07) is 0. The van der Waals surface area contributed by atoms with Gasteiger partial charge >= 0.3 is 5.97 Å². The summed E-state index contributed by atoms with van der Waals surface area (Å²) in [6.45, 7) is 2.06. The van der Waals surface area contributed by atoms with Gasteiger partial charge < -0.3 is 10.8 Å². The molecule has 3 N–H and O–H groups in total. The first-order valence-corrected chi connectivity index (χ1v) is 5.45. The first-order chi connectivity index (χ1) is 5.56. The molecule has 1 unspecified atom stereocenters. The minimum Gasteiger partial charge on any atom is -0.479 e. The first kappa shape index (κ1) is 12.1. The maximum Gasteiger partial charge on any atom is 0.335 e. The van der Waals surface area contributed by atoms with Crippen LogP contribution < -0.4 is 5.73 Å². The normalized spacial score (nSPS) is 15.6. The van der Waals surface area contributed by atoms with Crippen LogP contribution in [0.15, 0.2) is 0 Å². The molecule has 0 spiro atoms. The van der Waals surface area contributed by atoms with E-state index in [0.717, 1.165) is 18.6 Å². The number of thioether (sulfide) groups is 1. The maximum absolute atomic E-state index is 10.7. The fraction of sp³-hybridized carbons (Fsp3) is 0.857. The Kier molecular flexibility index (Phi) is 5.78. The van der Waals surface area contributed by atoms with Crippen LogP contribution >= 0.6 is 24.4 Å². The summed E-state index contributed by atoms with van der Waals surface area (Å²) in [5.41, 5.74) is 5.57. The lowest BCUT2D eigenvalue weighted by molar-refractivity contribution is -0.139. The van der Waals surface area contributed by atoms with E-state index >= 15 is 0 Å². The van der Waals surface area contributed by atoms with Gasteiger partial charge in [0.25, 0.3) is 0 Å². The molecule has 72 valence electrons. The first-order valence-electron chi connectivity index (χ1n) is 3.84. The van der Waals surface area contributed by atoms with E-state index < -0.39 is 10.8 Å². The number of carboxylic acid groups (broad SMARTS) is 1. The van der Waals surface area contributed by atoms with E-state index in [1.54, 1.807) is 0 Å². The molecule has 0 aliphatic rings. The van der Waals surface area contributed by atoms with Crippen LogP contribution in [0.2, 0.25) is 0 Å². The van der Waals surface area contributed by atoms with Crippen molar-refractivity contribution in [2.75, 3.05) is 11.5 Å². The standard InChI is InChI=1S/C7H15NO2S2/c1-2-3-4-12-7(8,5-11)6(9)10/h11H,2-5,8H2,1H3,(H,9,10). The van der Waals surface area contributed by atoms with Crippen molar-refractivity contribution in [3.05, 3.63) is 0 Å². The van der Waals surface area contributed by atoms with Crippen molar-refractivity contribution < 1.29 is 9.90 Å². The van der Waals surface area contributed by atoms with Crippen molar-refractivity contribution in [3.63, 3.8) is 0 Å². The number of unbranched alkanes of at least 4 members (excludes halogenated alkanes) is 1. The predicted molar refractivity (Wildman–Crippen MR) is 55.8 cm³/mol. The lowest BCUT2D eigenvalue weighted by Gasteiger charge is -2.21. The van der Waals surface area contributed by atoms with Crippen LogP contribution in [0.4, 0.5) is 0 Å². The molecule has 0 aliphatic carbocycles. The molecule has 12 heavy (non-hydrogen) atoms. The average molecular weight is 209 g/mol. The molecule has 0 saturated heterocycles. The molecule has 0 aromatic carbocycles. The summed E-state index contributed by atoms with van der Waals surface area (Å²) in [4.78, 5) is 9.44. The number of carboxylic acids is 1. The zero-order valence-electron chi connectivity index (χ0n) is 7.12. The van der Waals surface area contributed by atoms with Gasteiger partial charge in [-0.3, -0.25) is 0 Å². The van der Waals surface area contributed by atoms with E-state index in [0.29, 0.717) is 0 Å². The van der Waals surface area contributed by atoms with E-state index in [2.05, 4.69) is 19.6 Å². The molecule has 0 saturated carbocycles. The zero-order chi connectivity index (χ0) is 9.61. The second-order valence-electron chi connectivity index (χ2n) is 2.55. The van der Waals surface area contributed by atoms with Crippen LogP contribution in [-0.2, 0) is 4.79 Å². The van der Waals surface area contributed by atoms with Gasteiger partial charge in [-0.25, -0.2) is 4.79 Å². The largest absolute Gasteiger partial charge is 0.479 e.